The number of nitrogens with one attached hydrogen (secondary N) is 1. The maximum atomic E-state index is 12.7. The standard InChI is InChI=1S/C26H29ClN4O2/c1-19-22(20(2)31(29-19)21-8-4-3-5-9-21)12-13-26(32)28-18-25(30-14-16-33-17-15-30)23-10-6-7-11-24(23)27/h3-13,25H,14-18H2,1-2H3,(H,28,32)/b13-12+. The van der Waals surface area contributed by atoms with Crippen LogP contribution in [0.4, 0.5) is 0 Å². The second-order valence-corrected chi connectivity index (χ2v) is 8.50. The van der Waals surface area contributed by atoms with Crippen LogP contribution in [0, 0.1) is 13.8 Å². The fourth-order valence-electron chi connectivity index (χ4n) is 4.20. The lowest BCUT2D eigenvalue weighted by atomic mass is 10.0. The van der Waals surface area contributed by atoms with Gasteiger partial charge in [-0.15, -0.1) is 0 Å². The molecule has 1 unspecified atom stereocenters. The third-order valence-corrected chi connectivity index (χ3v) is 6.31. The summed E-state index contributed by atoms with van der Waals surface area (Å²) < 4.78 is 7.41. The lowest BCUT2D eigenvalue weighted by molar-refractivity contribution is -0.116. The van der Waals surface area contributed by atoms with Gasteiger partial charge >= 0.3 is 0 Å². The first-order valence-electron chi connectivity index (χ1n) is 11.2. The highest BCUT2D eigenvalue weighted by Crippen LogP contribution is 2.28. The summed E-state index contributed by atoms with van der Waals surface area (Å²) in [5.41, 5.74) is 4.83. The van der Waals surface area contributed by atoms with Crippen molar-refractivity contribution < 1.29 is 9.53 Å². The molecule has 0 radical (unpaired) electrons. The predicted molar refractivity (Wildman–Crippen MR) is 132 cm³/mol. The van der Waals surface area contributed by atoms with Gasteiger partial charge in [0, 0.05) is 42.0 Å². The Morgan fingerprint density at radius 2 is 1.82 bits per heavy atom. The molecule has 7 heteroatoms. The number of nitrogens with zero attached hydrogens (tertiary/aromatic N) is 3. The highest BCUT2D eigenvalue weighted by atomic mass is 35.5. The number of aryl methyl sites for hydroxylation is 1. The monoisotopic (exact) mass is 464 g/mol. The van der Waals surface area contributed by atoms with E-state index in [2.05, 4.69) is 15.3 Å². The van der Waals surface area contributed by atoms with Crippen molar-refractivity contribution in [2.45, 2.75) is 19.9 Å². The van der Waals surface area contributed by atoms with Crippen LogP contribution in [-0.4, -0.2) is 53.4 Å². The van der Waals surface area contributed by atoms with Crippen LogP contribution >= 0.6 is 11.6 Å². The molecule has 3 aromatic rings. The predicted octanol–water partition coefficient (Wildman–Crippen LogP) is 4.35. The highest BCUT2D eigenvalue weighted by molar-refractivity contribution is 6.31. The Kier molecular flexibility index (Phi) is 7.60. The number of morpholine rings is 1. The molecule has 1 N–H and O–H groups in total. The zero-order chi connectivity index (χ0) is 23.2. The first kappa shape index (κ1) is 23.2. The van der Waals surface area contributed by atoms with Crippen LogP contribution in [0.2, 0.25) is 5.02 Å². The Labute approximate surface area is 199 Å². The second kappa shape index (κ2) is 10.8. The van der Waals surface area contributed by atoms with Crippen molar-refractivity contribution in [2.24, 2.45) is 0 Å². The molecule has 1 aromatic heterocycles. The van der Waals surface area contributed by atoms with Gasteiger partial charge in [0.2, 0.25) is 5.91 Å². The first-order valence-corrected chi connectivity index (χ1v) is 11.6. The molecule has 0 aliphatic carbocycles. The minimum atomic E-state index is -0.147. The fraction of sp³-hybridized carbons (Fsp3) is 0.308. The number of amides is 1. The molecule has 2 heterocycles. The highest BCUT2D eigenvalue weighted by Gasteiger charge is 2.24. The maximum Gasteiger partial charge on any atom is 0.244 e. The normalized spacial score (nSPS) is 15.6. The summed E-state index contributed by atoms with van der Waals surface area (Å²) in [6.45, 7) is 7.40. The van der Waals surface area contributed by atoms with Gasteiger partial charge in [-0.3, -0.25) is 9.69 Å². The van der Waals surface area contributed by atoms with E-state index >= 15 is 0 Å². The van der Waals surface area contributed by atoms with E-state index in [1.807, 2.05) is 79.2 Å². The summed E-state index contributed by atoms with van der Waals surface area (Å²) in [5, 5.41) is 8.41. The van der Waals surface area contributed by atoms with Crippen molar-refractivity contribution in [3.8, 4) is 5.69 Å². The molecule has 0 spiro atoms. The number of ether oxygens (including phenoxy) is 1. The topological polar surface area (TPSA) is 59.4 Å². The average molecular weight is 465 g/mol. The summed E-state index contributed by atoms with van der Waals surface area (Å²) in [5.74, 6) is -0.147. The van der Waals surface area contributed by atoms with E-state index in [4.69, 9.17) is 16.3 Å². The van der Waals surface area contributed by atoms with Crippen LogP contribution in [0.5, 0.6) is 0 Å². The SMILES string of the molecule is Cc1nn(-c2ccccc2)c(C)c1/C=C/C(=O)NCC(c1ccccc1Cl)N1CCOCC1. The minimum absolute atomic E-state index is 0.00995. The van der Waals surface area contributed by atoms with E-state index in [1.54, 1.807) is 6.08 Å². The molecule has 1 fully saturated rings. The first-order chi connectivity index (χ1) is 16.0. The number of hydrogen-bond donors (Lipinski definition) is 1. The summed E-state index contributed by atoms with van der Waals surface area (Å²) in [4.78, 5) is 15.0. The molecule has 1 saturated heterocycles. The van der Waals surface area contributed by atoms with Gasteiger partial charge in [0.05, 0.1) is 30.6 Å². The number of halogens is 1. The summed E-state index contributed by atoms with van der Waals surface area (Å²) >= 11 is 6.49. The third-order valence-electron chi connectivity index (χ3n) is 5.97. The molecule has 0 bridgehead atoms. The van der Waals surface area contributed by atoms with Crippen LogP contribution in [0.3, 0.4) is 0 Å². The number of rotatable bonds is 7. The summed E-state index contributed by atoms with van der Waals surface area (Å²) in [6, 6.07) is 17.8. The molecule has 1 aliphatic heterocycles. The average Bonchev–Trinajstić information content (AvgIpc) is 3.13. The molecule has 4 rings (SSSR count). The number of hydrogen-bond acceptors (Lipinski definition) is 4. The minimum Gasteiger partial charge on any atom is -0.379 e. The van der Waals surface area contributed by atoms with Crippen LogP contribution in [0.25, 0.3) is 11.8 Å². The lowest BCUT2D eigenvalue weighted by Crippen LogP contribution is -2.43. The van der Waals surface area contributed by atoms with Crippen molar-refractivity contribution >= 4 is 23.6 Å². The maximum absolute atomic E-state index is 12.7. The Morgan fingerprint density at radius 1 is 1.12 bits per heavy atom. The molecule has 172 valence electrons. The second-order valence-electron chi connectivity index (χ2n) is 8.10. The number of carbonyl (C=O) groups is 1. The van der Waals surface area contributed by atoms with E-state index in [9.17, 15) is 4.79 Å². The quantitative estimate of drug-likeness (QED) is 0.528. The van der Waals surface area contributed by atoms with Crippen molar-refractivity contribution in [3.63, 3.8) is 0 Å². The van der Waals surface area contributed by atoms with Crippen molar-refractivity contribution in [2.75, 3.05) is 32.8 Å². The van der Waals surface area contributed by atoms with Crippen LogP contribution in [-0.2, 0) is 9.53 Å². The number of carbonyl (C=O) groups excluding carboxylic acids is 1. The van der Waals surface area contributed by atoms with E-state index < -0.39 is 0 Å². The van der Waals surface area contributed by atoms with Gasteiger partial charge < -0.3 is 10.1 Å². The molecule has 1 atom stereocenters. The van der Waals surface area contributed by atoms with Crippen molar-refractivity contribution in [3.05, 3.63) is 88.2 Å². The number of benzene rings is 2. The van der Waals surface area contributed by atoms with Crippen LogP contribution in [0.1, 0.15) is 28.6 Å². The van der Waals surface area contributed by atoms with Gasteiger partial charge in [0.25, 0.3) is 0 Å². The van der Waals surface area contributed by atoms with Crippen LogP contribution in [0.15, 0.2) is 60.7 Å². The molecule has 2 aromatic carbocycles. The van der Waals surface area contributed by atoms with E-state index in [-0.39, 0.29) is 11.9 Å². The van der Waals surface area contributed by atoms with Crippen LogP contribution < -0.4 is 5.32 Å². The van der Waals surface area contributed by atoms with E-state index in [0.717, 1.165) is 41.3 Å². The van der Waals surface area contributed by atoms with Crippen molar-refractivity contribution in [1.29, 1.82) is 0 Å². The van der Waals surface area contributed by atoms with Crippen molar-refractivity contribution in [1.82, 2.24) is 20.0 Å². The summed E-state index contributed by atoms with van der Waals surface area (Å²) in [6.07, 6.45) is 3.42. The van der Waals surface area contributed by atoms with Gasteiger partial charge in [-0.25, -0.2) is 4.68 Å². The third kappa shape index (κ3) is 5.53. The smallest absolute Gasteiger partial charge is 0.244 e. The molecular formula is C26H29ClN4O2. The Bertz CT molecular complexity index is 1120. The molecular weight excluding hydrogens is 436 g/mol. The largest absolute Gasteiger partial charge is 0.379 e. The number of para-hydroxylation sites is 1. The summed E-state index contributed by atoms with van der Waals surface area (Å²) in [7, 11) is 0. The van der Waals surface area contributed by atoms with Gasteiger partial charge in [0.1, 0.15) is 0 Å². The van der Waals surface area contributed by atoms with Gasteiger partial charge in [-0.2, -0.15) is 5.10 Å². The van der Waals surface area contributed by atoms with E-state index in [0.29, 0.717) is 24.8 Å². The van der Waals surface area contributed by atoms with Gasteiger partial charge in [-0.05, 0) is 43.7 Å². The molecule has 1 aliphatic rings. The van der Waals surface area contributed by atoms with E-state index in [1.165, 1.54) is 0 Å². The number of aromatic nitrogens is 2. The Morgan fingerprint density at radius 3 is 2.55 bits per heavy atom. The van der Waals surface area contributed by atoms with Gasteiger partial charge in [-0.1, -0.05) is 48.0 Å². The fourth-order valence-corrected chi connectivity index (χ4v) is 4.46. The molecule has 33 heavy (non-hydrogen) atoms. The zero-order valence-corrected chi connectivity index (χ0v) is 19.8. The van der Waals surface area contributed by atoms with Gasteiger partial charge in [0.15, 0.2) is 0 Å². The molecule has 1 amide bonds. The zero-order valence-electron chi connectivity index (χ0n) is 19.0. The molecule has 0 saturated carbocycles. The Balaban J connectivity index is 1.46. The Hall–Kier alpha value is -2.93. The molecule has 6 nitrogen and oxygen atoms in total. The lowest BCUT2D eigenvalue weighted by Gasteiger charge is -2.35.